The number of aromatic nitrogens is 2. The van der Waals surface area contributed by atoms with Crippen LogP contribution in [0.1, 0.15) is 76.6 Å². The Morgan fingerprint density at radius 1 is 1.15 bits per heavy atom. The van der Waals surface area contributed by atoms with Gasteiger partial charge in [-0.25, -0.2) is 9.97 Å². The zero-order valence-corrected chi connectivity index (χ0v) is 24.8. The van der Waals surface area contributed by atoms with E-state index >= 15 is 0 Å². The van der Waals surface area contributed by atoms with Crippen molar-refractivity contribution in [3.8, 4) is 5.75 Å². The number of rotatable bonds is 5. The van der Waals surface area contributed by atoms with E-state index in [0.29, 0.717) is 44.8 Å². The molecular weight excluding hydrogens is 565 g/mol. The molecule has 10 heteroatoms. The highest BCUT2D eigenvalue weighted by molar-refractivity contribution is 7.18. The lowest BCUT2D eigenvalue weighted by molar-refractivity contribution is -0.137. The molecule has 0 saturated heterocycles. The minimum Gasteiger partial charge on any atom is -0.507 e. The maximum Gasteiger partial charge on any atom is 0.416 e. The van der Waals surface area contributed by atoms with Crippen LogP contribution in [0.5, 0.6) is 5.75 Å². The van der Waals surface area contributed by atoms with Crippen LogP contribution in [0.2, 0.25) is 5.02 Å². The average molecular weight is 597 g/mol. The molecule has 0 radical (unpaired) electrons. The molecule has 1 saturated carbocycles. The zero-order chi connectivity index (χ0) is 28.7. The quantitative estimate of drug-likeness (QED) is 0.233. The van der Waals surface area contributed by atoms with E-state index in [0.717, 1.165) is 10.9 Å². The summed E-state index contributed by atoms with van der Waals surface area (Å²) in [6.45, 7) is 7.10. The third-order valence-corrected chi connectivity index (χ3v) is 8.39. The van der Waals surface area contributed by atoms with Gasteiger partial charge in [0.25, 0.3) is 0 Å². The van der Waals surface area contributed by atoms with Crippen LogP contribution in [0.3, 0.4) is 0 Å². The lowest BCUT2D eigenvalue weighted by atomic mass is 9.83. The number of nitrogens with zero attached hydrogens (tertiary/aromatic N) is 2. The number of Topliss-reactive ketones (excluding diaryl/α,β-unsaturated/α-hetero) is 1. The number of thiazole rings is 2. The Morgan fingerprint density at radius 2 is 1.87 bits per heavy atom. The van der Waals surface area contributed by atoms with Crippen LogP contribution in [-0.4, -0.2) is 20.9 Å². The molecule has 0 unspecified atom stereocenters. The first-order valence-corrected chi connectivity index (χ1v) is 14.9. The smallest absolute Gasteiger partial charge is 0.416 e. The number of ketones is 1. The van der Waals surface area contributed by atoms with E-state index in [1.165, 1.54) is 60.2 Å². The van der Waals surface area contributed by atoms with Gasteiger partial charge in [-0.15, -0.1) is 22.7 Å². The van der Waals surface area contributed by atoms with Gasteiger partial charge in [-0.3, -0.25) is 4.79 Å². The Kier molecular flexibility index (Phi) is 10.9. The molecule has 5 rings (SSSR count). The van der Waals surface area contributed by atoms with Crippen molar-refractivity contribution in [1.82, 2.24) is 9.97 Å². The van der Waals surface area contributed by atoms with Gasteiger partial charge in [0.05, 0.1) is 31.4 Å². The van der Waals surface area contributed by atoms with Gasteiger partial charge in [0.15, 0.2) is 5.78 Å². The summed E-state index contributed by atoms with van der Waals surface area (Å²) in [5, 5.41) is 14.2. The molecule has 0 aliphatic heterocycles. The second-order valence-electron chi connectivity index (χ2n) is 9.39. The summed E-state index contributed by atoms with van der Waals surface area (Å²) in [5.74, 6) is 0.908. The first-order chi connectivity index (χ1) is 18.4. The van der Waals surface area contributed by atoms with Gasteiger partial charge in [-0.1, -0.05) is 44.7 Å². The van der Waals surface area contributed by atoms with E-state index in [9.17, 15) is 23.1 Å². The normalized spacial score (nSPS) is 13.2. The summed E-state index contributed by atoms with van der Waals surface area (Å²) in [6, 6.07) is 5.50. The van der Waals surface area contributed by atoms with E-state index in [1.54, 1.807) is 38.2 Å². The molecule has 1 aliphatic rings. The number of hydrogen-bond donors (Lipinski definition) is 1. The second-order valence-corrected chi connectivity index (χ2v) is 12.0. The van der Waals surface area contributed by atoms with Gasteiger partial charge in [0.2, 0.25) is 0 Å². The summed E-state index contributed by atoms with van der Waals surface area (Å²) < 4.78 is 38.5. The fourth-order valence-corrected chi connectivity index (χ4v) is 6.00. The van der Waals surface area contributed by atoms with Crippen LogP contribution in [0, 0.1) is 19.8 Å². The number of carbonyl (C=O) groups excluding carboxylic acids is 1. The molecule has 2 aromatic carbocycles. The van der Waals surface area contributed by atoms with E-state index in [2.05, 4.69) is 15.3 Å². The fraction of sp³-hybridized carbons (Fsp3) is 0.414. The number of phenolic OH excluding ortho intramolecular Hbond substituents is 1. The standard InChI is InChI=1S/C11H10F3NS.C10H11ClO2.C8H11NS/c1-3-7-4-8(11(12,13)14)5-9-10(7)15-6(2)16-9;1-3-9(12)8-5-7(11)4-6(2)10(8)13;1-2-7(3-1)6-8-9-4-5-10-8/h4-5H,3H2,1-2H3;4-5,13H,3H2,1-2H3;4-5,7H,1-3,6H2. The monoisotopic (exact) mass is 596 g/mol. The number of alkyl halides is 3. The van der Waals surface area contributed by atoms with Crippen molar-refractivity contribution in [1.29, 1.82) is 0 Å². The van der Waals surface area contributed by atoms with Gasteiger partial charge in [-0.2, -0.15) is 13.2 Å². The van der Waals surface area contributed by atoms with E-state index < -0.39 is 11.7 Å². The molecule has 39 heavy (non-hydrogen) atoms. The maximum absolute atomic E-state index is 12.6. The fourth-order valence-electron chi connectivity index (χ4n) is 4.08. The van der Waals surface area contributed by atoms with E-state index in [4.69, 9.17) is 11.6 Å². The topological polar surface area (TPSA) is 63.1 Å². The molecule has 1 N–H and O–H groups in total. The number of halogens is 4. The average Bonchev–Trinajstić information content (AvgIpc) is 3.51. The van der Waals surface area contributed by atoms with Crippen LogP contribution >= 0.6 is 34.3 Å². The van der Waals surface area contributed by atoms with Crippen LogP contribution in [0.4, 0.5) is 13.2 Å². The number of benzene rings is 2. The molecule has 0 atom stereocenters. The first kappa shape index (κ1) is 31.0. The Bertz CT molecular complexity index is 1400. The molecule has 2 heterocycles. The van der Waals surface area contributed by atoms with Crippen molar-refractivity contribution in [2.24, 2.45) is 5.92 Å². The molecule has 0 spiro atoms. The minimum atomic E-state index is -4.28. The summed E-state index contributed by atoms with van der Waals surface area (Å²) in [7, 11) is 0. The highest BCUT2D eigenvalue weighted by Crippen LogP contribution is 2.35. The number of fused-ring (bicyclic) bond motifs is 1. The first-order valence-electron chi connectivity index (χ1n) is 12.8. The number of aryl methyl sites for hydroxylation is 3. The molecule has 0 amide bonds. The highest BCUT2D eigenvalue weighted by atomic mass is 35.5. The van der Waals surface area contributed by atoms with Crippen molar-refractivity contribution in [2.75, 3.05) is 0 Å². The lowest BCUT2D eigenvalue weighted by Crippen LogP contribution is -2.13. The Balaban J connectivity index is 0.000000166. The molecule has 4 aromatic rings. The van der Waals surface area contributed by atoms with Crippen molar-refractivity contribution >= 4 is 50.3 Å². The molecule has 210 valence electrons. The largest absolute Gasteiger partial charge is 0.507 e. The number of aromatic hydroxyl groups is 1. The van der Waals surface area contributed by atoms with E-state index in [-0.39, 0.29) is 11.5 Å². The number of phenols is 1. The Hall–Kier alpha value is -2.49. The third-order valence-electron chi connectivity index (χ3n) is 6.45. The van der Waals surface area contributed by atoms with Gasteiger partial charge in [0, 0.05) is 29.4 Å². The van der Waals surface area contributed by atoms with Crippen LogP contribution < -0.4 is 0 Å². The number of carbonyl (C=O) groups is 1. The number of hydrogen-bond acceptors (Lipinski definition) is 6. The van der Waals surface area contributed by atoms with Gasteiger partial charge in [-0.05, 0) is 61.6 Å². The summed E-state index contributed by atoms with van der Waals surface area (Å²) in [4.78, 5) is 19.8. The summed E-state index contributed by atoms with van der Waals surface area (Å²) in [5.41, 5.74) is 1.73. The zero-order valence-electron chi connectivity index (χ0n) is 22.4. The maximum atomic E-state index is 12.6. The van der Waals surface area contributed by atoms with Crippen molar-refractivity contribution in [2.45, 2.75) is 72.4 Å². The van der Waals surface area contributed by atoms with Gasteiger partial charge >= 0.3 is 6.18 Å². The van der Waals surface area contributed by atoms with Crippen molar-refractivity contribution in [3.63, 3.8) is 0 Å². The minimum absolute atomic E-state index is 0.0382. The molecule has 4 nitrogen and oxygen atoms in total. The summed E-state index contributed by atoms with van der Waals surface area (Å²) >= 11 is 8.85. The molecule has 0 bridgehead atoms. The predicted octanol–water partition coefficient (Wildman–Crippen LogP) is 9.62. The molecule has 1 aliphatic carbocycles. The molecule has 1 fully saturated rings. The lowest BCUT2D eigenvalue weighted by Gasteiger charge is -2.23. The van der Waals surface area contributed by atoms with Gasteiger partial charge < -0.3 is 5.11 Å². The summed E-state index contributed by atoms with van der Waals surface area (Å²) in [6.07, 6.45) is 4.08. The van der Waals surface area contributed by atoms with E-state index in [1.807, 2.05) is 13.1 Å². The van der Waals surface area contributed by atoms with Crippen LogP contribution in [0.25, 0.3) is 10.2 Å². The van der Waals surface area contributed by atoms with Crippen LogP contribution in [-0.2, 0) is 19.0 Å². The van der Waals surface area contributed by atoms with Crippen molar-refractivity contribution in [3.05, 3.63) is 73.1 Å². The SMILES string of the molecule is CCC(=O)c1cc(Cl)cc(C)c1O.CCc1cc(C(F)(F)F)cc2sc(C)nc12.c1csc(CC2CCC2)n1. The Labute approximate surface area is 239 Å². The predicted molar refractivity (Wildman–Crippen MR) is 154 cm³/mol. The van der Waals surface area contributed by atoms with Gasteiger partial charge in [0.1, 0.15) is 5.75 Å². The van der Waals surface area contributed by atoms with Crippen molar-refractivity contribution < 1.29 is 23.1 Å². The highest BCUT2D eigenvalue weighted by Gasteiger charge is 2.31. The Morgan fingerprint density at radius 3 is 2.41 bits per heavy atom. The molecule has 2 aromatic heterocycles. The van der Waals surface area contributed by atoms with Crippen LogP contribution in [0.15, 0.2) is 35.8 Å². The molecular formula is C29H32ClF3N2O2S2. The second kappa shape index (κ2) is 13.7. The third kappa shape index (κ3) is 8.50.